The van der Waals surface area contributed by atoms with Crippen LogP contribution in [0, 0.1) is 5.95 Å². The first-order valence-electron chi connectivity index (χ1n) is 5.37. The number of rotatable bonds is 3. The van der Waals surface area contributed by atoms with Gasteiger partial charge in [-0.25, -0.2) is 4.98 Å². The Morgan fingerprint density at radius 1 is 1.42 bits per heavy atom. The minimum absolute atomic E-state index is 0.114. The fourth-order valence-electron chi connectivity index (χ4n) is 1.47. The van der Waals surface area contributed by atoms with Crippen LogP contribution in [0.1, 0.15) is 10.4 Å². The van der Waals surface area contributed by atoms with Crippen LogP contribution in [0.2, 0.25) is 0 Å². The zero-order valence-corrected chi connectivity index (χ0v) is 11.6. The highest BCUT2D eigenvalue weighted by atomic mass is 79.9. The van der Waals surface area contributed by atoms with Gasteiger partial charge in [0, 0.05) is 16.7 Å². The maximum absolute atomic E-state index is 13.4. The van der Waals surface area contributed by atoms with E-state index >= 15 is 0 Å². The van der Waals surface area contributed by atoms with Gasteiger partial charge in [0.2, 0.25) is 5.95 Å². The SMILES string of the molecule is COc1ccc(Br)c(NC(=O)c2cccnc2F)c1. The third kappa shape index (κ3) is 3.08. The molecule has 0 unspecified atom stereocenters. The molecule has 2 aromatic rings. The molecular weight excluding hydrogens is 315 g/mol. The smallest absolute Gasteiger partial charge is 0.260 e. The van der Waals surface area contributed by atoms with E-state index in [1.807, 2.05) is 0 Å². The highest BCUT2D eigenvalue weighted by Crippen LogP contribution is 2.27. The highest BCUT2D eigenvalue weighted by molar-refractivity contribution is 9.10. The number of carbonyl (C=O) groups excluding carboxylic acids is 1. The number of nitrogens with zero attached hydrogens (tertiary/aromatic N) is 1. The number of benzene rings is 1. The Labute approximate surface area is 117 Å². The predicted octanol–water partition coefficient (Wildman–Crippen LogP) is 3.24. The Kier molecular flexibility index (Phi) is 4.11. The number of pyridine rings is 1. The Balaban J connectivity index is 2.26. The molecule has 0 atom stereocenters. The third-order valence-corrected chi connectivity index (χ3v) is 3.12. The zero-order chi connectivity index (χ0) is 13.8. The van der Waals surface area contributed by atoms with Gasteiger partial charge in [0.05, 0.1) is 18.4 Å². The van der Waals surface area contributed by atoms with Crippen LogP contribution in [0.15, 0.2) is 41.0 Å². The molecule has 0 aliphatic rings. The molecule has 19 heavy (non-hydrogen) atoms. The minimum atomic E-state index is -0.806. The maximum Gasteiger partial charge on any atom is 0.260 e. The maximum atomic E-state index is 13.4. The Morgan fingerprint density at radius 3 is 2.89 bits per heavy atom. The number of hydrogen-bond acceptors (Lipinski definition) is 3. The van der Waals surface area contributed by atoms with Gasteiger partial charge in [-0.05, 0) is 40.2 Å². The lowest BCUT2D eigenvalue weighted by atomic mass is 10.2. The molecular formula is C13H10BrFN2O2. The van der Waals surface area contributed by atoms with E-state index in [4.69, 9.17) is 4.74 Å². The molecule has 0 radical (unpaired) electrons. The summed E-state index contributed by atoms with van der Waals surface area (Å²) in [6, 6.07) is 7.97. The zero-order valence-electron chi connectivity index (χ0n) is 9.98. The Hall–Kier alpha value is -1.95. The van der Waals surface area contributed by atoms with Crippen LogP contribution in [0.25, 0.3) is 0 Å². The van der Waals surface area contributed by atoms with Gasteiger partial charge >= 0.3 is 0 Å². The molecule has 2 rings (SSSR count). The van der Waals surface area contributed by atoms with Gasteiger partial charge in [-0.2, -0.15) is 4.39 Å². The van der Waals surface area contributed by atoms with E-state index in [2.05, 4.69) is 26.2 Å². The number of methoxy groups -OCH3 is 1. The lowest BCUT2D eigenvalue weighted by Gasteiger charge is -2.09. The molecule has 0 aliphatic heterocycles. The molecule has 98 valence electrons. The summed E-state index contributed by atoms with van der Waals surface area (Å²) in [7, 11) is 1.52. The van der Waals surface area contributed by atoms with E-state index in [1.54, 1.807) is 18.2 Å². The van der Waals surface area contributed by atoms with Gasteiger partial charge in [-0.15, -0.1) is 0 Å². The number of anilines is 1. The molecule has 0 saturated heterocycles. The first-order valence-corrected chi connectivity index (χ1v) is 6.16. The fraction of sp³-hybridized carbons (Fsp3) is 0.0769. The Morgan fingerprint density at radius 2 is 2.21 bits per heavy atom. The van der Waals surface area contributed by atoms with Crippen LogP contribution in [0.5, 0.6) is 5.75 Å². The van der Waals surface area contributed by atoms with E-state index in [0.717, 1.165) is 0 Å². The summed E-state index contributed by atoms with van der Waals surface area (Å²) >= 11 is 3.30. The number of carbonyl (C=O) groups is 1. The average molecular weight is 325 g/mol. The predicted molar refractivity (Wildman–Crippen MR) is 72.8 cm³/mol. The lowest BCUT2D eigenvalue weighted by molar-refractivity contribution is 0.102. The van der Waals surface area contributed by atoms with Crippen LogP contribution in [-0.2, 0) is 0 Å². The molecule has 0 saturated carbocycles. The molecule has 4 nitrogen and oxygen atoms in total. The summed E-state index contributed by atoms with van der Waals surface area (Å²) in [4.78, 5) is 15.4. The van der Waals surface area contributed by atoms with E-state index in [9.17, 15) is 9.18 Å². The van der Waals surface area contributed by atoms with Crippen molar-refractivity contribution in [2.24, 2.45) is 0 Å². The van der Waals surface area contributed by atoms with Crippen molar-refractivity contribution < 1.29 is 13.9 Å². The third-order valence-electron chi connectivity index (χ3n) is 2.43. The monoisotopic (exact) mass is 324 g/mol. The molecule has 1 amide bonds. The molecule has 1 aromatic heterocycles. The van der Waals surface area contributed by atoms with Crippen molar-refractivity contribution in [1.82, 2.24) is 4.98 Å². The molecule has 1 N–H and O–H groups in total. The second-order valence-corrected chi connectivity index (χ2v) is 4.50. The number of halogens is 2. The molecule has 0 bridgehead atoms. The van der Waals surface area contributed by atoms with Gasteiger partial charge in [-0.1, -0.05) is 0 Å². The fourth-order valence-corrected chi connectivity index (χ4v) is 1.82. The lowest BCUT2D eigenvalue weighted by Crippen LogP contribution is -2.14. The molecule has 0 aliphatic carbocycles. The summed E-state index contributed by atoms with van der Waals surface area (Å²) in [5.41, 5.74) is 0.379. The summed E-state index contributed by atoms with van der Waals surface area (Å²) in [6.07, 6.45) is 1.29. The molecule has 6 heteroatoms. The van der Waals surface area contributed by atoms with Crippen molar-refractivity contribution in [3.63, 3.8) is 0 Å². The number of amides is 1. The van der Waals surface area contributed by atoms with Crippen molar-refractivity contribution in [2.75, 3.05) is 12.4 Å². The van der Waals surface area contributed by atoms with Gasteiger partial charge < -0.3 is 10.1 Å². The molecule has 1 aromatic carbocycles. The highest BCUT2D eigenvalue weighted by Gasteiger charge is 2.13. The van der Waals surface area contributed by atoms with Crippen LogP contribution in [0.4, 0.5) is 10.1 Å². The number of nitrogens with one attached hydrogen (secondary N) is 1. The van der Waals surface area contributed by atoms with Crippen LogP contribution >= 0.6 is 15.9 Å². The Bertz CT molecular complexity index is 619. The molecule has 0 spiro atoms. The van der Waals surface area contributed by atoms with Gasteiger partial charge in [-0.3, -0.25) is 4.79 Å². The quantitative estimate of drug-likeness (QED) is 0.882. The minimum Gasteiger partial charge on any atom is -0.497 e. The first-order chi connectivity index (χ1) is 9.11. The standard InChI is InChI=1S/C13H10BrFN2O2/c1-19-8-4-5-10(14)11(7-8)17-13(18)9-3-2-6-16-12(9)15/h2-7H,1H3,(H,17,18). The number of ether oxygens (including phenoxy) is 1. The van der Waals surface area contributed by atoms with Crippen molar-refractivity contribution in [2.45, 2.75) is 0 Å². The number of aromatic nitrogens is 1. The van der Waals surface area contributed by atoms with Crippen LogP contribution in [0.3, 0.4) is 0 Å². The summed E-state index contributed by atoms with van der Waals surface area (Å²) in [6.45, 7) is 0. The van der Waals surface area contributed by atoms with Gasteiger partial charge in [0.1, 0.15) is 5.75 Å². The largest absolute Gasteiger partial charge is 0.497 e. The topological polar surface area (TPSA) is 51.2 Å². The molecule has 1 heterocycles. The van der Waals surface area contributed by atoms with E-state index < -0.39 is 11.9 Å². The normalized spacial score (nSPS) is 10.1. The molecule has 0 fully saturated rings. The van der Waals surface area contributed by atoms with Gasteiger partial charge in [0.25, 0.3) is 5.91 Å². The van der Waals surface area contributed by atoms with Crippen molar-refractivity contribution in [3.8, 4) is 5.75 Å². The van der Waals surface area contributed by atoms with Crippen molar-refractivity contribution in [3.05, 3.63) is 52.5 Å². The summed E-state index contributed by atoms with van der Waals surface area (Å²) in [5.74, 6) is -0.788. The van der Waals surface area contributed by atoms with E-state index in [1.165, 1.54) is 25.4 Å². The second kappa shape index (κ2) is 5.79. The average Bonchev–Trinajstić information content (AvgIpc) is 2.41. The van der Waals surface area contributed by atoms with E-state index in [-0.39, 0.29) is 5.56 Å². The van der Waals surface area contributed by atoms with E-state index in [0.29, 0.717) is 15.9 Å². The summed E-state index contributed by atoms with van der Waals surface area (Å²) < 4.78 is 19.1. The number of hydrogen-bond donors (Lipinski definition) is 1. The second-order valence-electron chi connectivity index (χ2n) is 3.64. The van der Waals surface area contributed by atoms with Crippen LogP contribution < -0.4 is 10.1 Å². The van der Waals surface area contributed by atoms with Crippen molar-refractivity contribution in [1.29, 1.82) is 0 Å². The van der Waals surface area contributed by atoms with Crippen molar-refractivity contribution >= 4 is 27.5 Å². The van der Waals surface area contributed by atoms with Crippen LogP contribution in [-0.4, -0.2) is 18.0 Å². The summed E-state index contributed by atoms with van der Waals surface area (Å²) in [5, 5.41) is 2.60. The van der Waals surface area contributed by atoms with Gasteiger partial charge in [0.15, 0.2) is 0 Å². The first kappa shape index (κ1) is 13.5.